The quantitative estimate of drug-likeness (QED) is 0.758. The number of rotatable bonds is 8. The lowest BCUT2D eigenvalue weighted by molar-refractivity contribution is 0.0781. The van der Waals surface area contributed by atoms with E-state index in [1.54, 1.807) is 6.07 Å². The van der Waals surface area contributed by atoms with Crippen LogP contribution in [0.25, 0.3) is 0 Å². The average Bonchev–Trinajstić information content (AvgIpc) is 2.56. The maximum Gasteiger partial charge on any atom is 0.213 e. The molecule has 0 saturated heterocycles. The molecule has 2 aromatic rings. The Morgan fingerprint density at radius 2 is 1.75 bits per heavy atom. The summed E-state index contributed by atoms with van der Waals surface area (Å²) in [6, 6.07) is 15.3. The van der Waals surface area contributed by atoms with Crippen molar-refractivity contribution in [2.24, 2.45) is 5.73 Å². The normalized spacial score (nSPS) is 14.3. The van der Waals surface area contributed by atoms with Gasteiger partial charge in [-0.1, -0.05) is 48.5 Å². The molecule has 3 N–H and O–H groups in total. The third-order valence-electron chi connectivity index (χ3n) is 3.64. The number of nitrogens with one attached hydrogen (secondary N) is 1. The molecule has 0 aliphatic rings. The molecular weight excluding hydrogens is 331 g/mol. The molecule has 2 rings (SSSR count). The number of hydrogen-bond acceptors (Lipinski definition) is 4. The standard InChI is InChI=1S/C17H21FN2O3S/c1-20-24(21,22)13-17(19,15-9-5-6-10-16(15)18)12-23-11-14-7-3-2-4-8-14/h2-10,20H,11-13,19H2,1H3/t17-/m1/s1. The highest BCUT2D eigenvalue weighted by molar-refractivity contribution is 7.89. The molecular formula is C17H21FN2O3S. The average molecular weight is 352 g/mol. The highest BCUT2D eigenvalue weighted by Gasteiger charge is 2.35. The molecule has 0 heterocycles. The van der Waals surface area contributed by atoms with Crippen molar-refractivity contribution in [1.82, 2.24) is 4.72 Å². The lowest BCUT2D eigenvalue weighted by Crippen LogP contribution is -2.50. The minimum atomic E-state index is -3.66. The second kappa shape index (κ2) is 7.85. The molecule has 130 valence electrons. The van der Waals surface area contributed by atoms with Gasteiger partial charge in [0.1, 0.15) is 5.82 Å². The van der Waals surface area contributed by atoms with Crippen LogP contribution in [0.4, 0.5) is 4.39 Å². The summed E-state index contributed by atoms with van der Waals surface area (Å²) in [5.74, 6) is -1.04. The molecule has 0 amide bonds. The summed E-state index contributed by atoms with van der Waals surface area (Å²) in [6.45, 7) is 0.123. The third-order valence-corrected chi connectivity index (χ3v) is 5.16. The van der Waals surface area contributed by atoms with Crippen molar-refractivity contribution in [1.29, 1.82) is 0 Å². The van der Waals surface area contributed by atoms with Gasteiger partial charge >= 0.3 is 0 Å². The second-order valence-electron chi connectivity index (χ2n) is 5.58. The Morgan fingerprint density at radius 3 is 2.38 bits per heavy atom. The van der Waals surface area contributed by atoms with Crippen LogP contribution < -0.4 is 10.5 Å². The summed E-state index contributed by atoms with van der Waals surface area (Å²) >= 11 is 0. The van der Waals surface area contributed by atoms with Crippen LogP contribution in [-0.4, -0.2) is 27.8 Å². The van der Waals surface area contributed by atoms with Gasteiger partial charge in [-0.2, -0.15) is 0 Å². The van der Waals surface area contributed by atoms with Gasteiger partial charge < -0.3 is 10.5 Å². The summed E-state index contributed by atoms with van der Waals surface area (Å²) in [5, 5.41) is 0. The van der Waals surface area contributed by atoms with E-state index >= 15 is 0 Å². The Balaban J connectivity index is 2.21. The van der Waals surface area contributed by atoms with E-state index in [0.29, 0.717) is 0 Å². The summed E-state index contributed by atoms with van der Waals surface area (Å²) in [7, 11) is -2.37. The summed E-state index contributed by atoms with van der Waals surface area (Å²) in [5.41, 5.74) is 5.79. The fourth-order valence-corrected chi connectivity index (χ4v) is 3.46. The first-order valence-electron chi connectivity index (χ1n) is 7.43. The van der Waals surface area contributed by atoms with Crippen LogP contribution in [0.3, 0.4) is 0 Å². The number of halogens is 1. The van der Waals surface area contributed by atoms with E-state index in [1.807, 2.05) is 30.3 Å². The van der Waals surface area contributed by atoms with Crippen LogP contribution in [-0.2, 0) is 26.9 Å². The molecule has 7 heteroatoms. The van der Waals surface area contributed by atoms with E-state index in [1.165, 1.54) is 25.2 Å². The Hall–Kier alpha value is -1.80. The number of hydrogen-bond donors (Lipinski definition) is 2. The van der Waals surface area contributed by atoms with Crippen molar-refractivity contribution in [2.75, 3.05) is 19.4 Å². The monoisotopic (exact) mass is 352 g/mol. The molecule has 0 radical (unpaired) electrons. The van der Waals surface area contributed by atoms with Crippen LogP contribution in [0.5, 0.6) is 0 Å². The second-order valence-corrected chi connectivity index (χ2v) is 7.50. The first-order chi connectivity index (χ1) is 11.4. The van der Waals surface area contributed by atoms with Crippen LogP contribution in [0, 0.1) is 5.82 Å². The van der Waals surface area contributed by atoms with E-state index in [-0.39, 0.29) is 18.8 Å². The largest absolute Gasteiger partial charge is 0.374 e. The highest BCUT2D eigenvalue weighted by Crippen LogP contribution is 2.24. The molecule has 0 fully saturated rings. The molecule has 0 aromatic heterocycles. The Bertz CT molecular complexity index is 768. The van der Waals surface area contributed by atoms with E-state index in [0.717, 1.165) is 5.56 Å². The van der Waals surface area contributed by atoms with Crippen molar-refractivity contribution < 1.29 is 17.5 Å². The molecule has 0 unspecified atom stereocenters. The zero-order valence-corrected chi connectivity index (χ0v) is 14.2. The number of sulfonamides is 1. The Kier molecular flexibility index (Phi) is 6.06. The van der Waals surface area contributed by atoms with Crippen molar-refractivity contribution in [2.45, 2.75) is 12.1 Å². The zero-order valence-electron chi connectivity index (χ0n) is 13.4. The SMILES string of the molecule is CNS(=O)(=O)C[C@](N)(COCc1ccccc1)c1ccccc1F. The fourth-order valence-electron chi connectivity index (χ4n) is 2.40. The zero-order chi connectivity index (χ0) is 17.6. The molecule has 0 spiro atoms. The van der Waals surface area contributed by atoms with Gasteiger partial charge in [0, 0.05) is 5.56 Å². The summed E-state index contributed by atoms with van der Waals surface area (Å²) in [6.07, 6.45) is 0. The molecule has 24 heavy (non-hydrogen) atoms. The molecule has 0 saturated carbocycles. The van der Waals surface area contributed by atoms with Crippen molar-refractivity contribution in [3.8, 4) is 0 Å². The molecule has 5 nitrogen and oxygen atoms in total. The number of nitrogens with two attached hydrogens (primary N) is 1. The van der Waals surface area contributed by atoms with Crippen molar-refractivity contribution >= 4 is 10.0 Å². The van der Waals surface area contributed by atoms with Gasteiger partial charge in [-0.25, -0.2) is 17.5 Å². The lowest BCUT2D eigenvalue weighted by Gasteiger charge is -2.29. The molecule has 0 aliphatic heterocycles. The van der Waals surface area contributed by atoms with E-state index in [2.05, 4.69) is 4.72 Å². The van der Waals surface area contributed by atoms with Gasteiger partial charge in [-0.15, -0.1) is 0 Å². The predicted octanol–water partition coefficient (Wildman–Crippen LogP) is 1.75. The van der Waals surface area contributed by atoms with E-state index in [9.17, 15) is 12.8 Å². The van der Waals surface area contributed by atoms with Crippen LogP contribution >= 0.6 is 0 Å². The maximum atomic E-state index is 14.2. The lowest BCUT2D eigenvalue weighted by atomic mass is 9.93. The molecule has 0 bridgehead atoms. The van der Waals surface area contributed by atoms with Crippen molar-refractivity contribution in [3.63, 3.8) is 0 Å². The van der Waals surface area contributed by atoms with Crippen LogP contribution in [0.15, 0.2) is 54.6 Å². The summed E-state index contributed by atoms with van der Waals surface area (Å²) in [4.78, 5) is 0. The third kappa shape index (κ3) is 4.85. The topological polar surface area (TPSA) is 81.4 Å². The Labute approximate surface area is 141 Å². The van der Waals surface area contributed by atoms with Gasteiger partial charge in [0.05, 0.1) is 24.5 Å². The summed E-state index contributed by atoms with van der Waals surface area (Å²) < 4.78 is 45.9. The molecule has 2 aromatic carbocycles. The van der Waals surface area contributed by atoms with Gasteiger partial charge in [0.2, 0.25) is 10.0 Å². The van der Waals surface area contributed by atoms with Crippen LogP contribution in [0.2, 0.25) is 0 Å². The predicted molar refractivity (Wildman–Crippen MR) is 91.2 cm³/mol. The van der Waals surface area contributed by atoms with E-state index < -0.39 is 27.1 Å². The first-order valence-corrected chi connectivity index (χ1v) is 9.08. The molecule has 0 aliphatic carbocycles. The van der Waals surface area contributed by atoms with Gasteiger partial charge in [0.25, 0.3) is 0 Å². The van der Waals surface area contributed by atoms with Gasteiger partial charge in [-0.05, 0) is 18.7 Å². The minimum absolute atomic E-state index is 0.108. The van der Waals surface area contributed by atoms with Gasteiger partial charge in [0.15, 0.2) is 0 Å². The van der Waals surface area contributed by atoms with E-state index in [4.69, 9.17) is 10.5 Å². The van der Waals surface area contributed by atoms with Gasteiger partial charge in [-0.3, -0.25) is 0 Å². The molecule has 1 atom stereocenters. The number of ether oxygens (including phenoxy) is 1. The maximum absolute atomic E-state index is 14.2. The smallest absolute Gasteiger partial charge is 0.213 e. The number of benzene rings is 2. The first kappa shape index (κ1) is 18.5. The highest BCUT2D eigenvalue weighted by atomic mass is 32.2. The van der Waals surface area contributed by atoms with Crippen LogP contribution in [0.1, 0.15) is 11.1 Å². The van der Waals surface area contributed by atoms with Crippen molar-refractivity contribution in [3.05, 3.63) is 71.5 Å². The minimum Gasteiger partial charge on any atom is -0.374 e. The Morgan fingerprint density at radius 1 is 1.12 bits per heavy atom. The fraction of sp³-hybridized carbons (Fsp3) is 0.294.